The first kappa shape index (κ1) is 19.0. The van der Waals surface area contributed by atoms with E-state index in [4.69, 9.17) is 11.6 Å². The van der Waals surface area contributed by atoms with E-state index < -0.39 is 6.03 Å². The number of nitrogens with zero attached hydrogens (tertiary/aromatic N) is 3. The largest absolute Gasteiger partial charge is 0.370 e. The summed E-state index contributed by atoms with van der Waals surface area (Å²) >= 11 is 5.08. The van der Waals surface area contributed by atoms with Gasteiger partial charge in [0.15, 0.2) is 11.6 Å². The van der Waals surface area contributed by atoms with Gasteiger partial charge in [-0.2, -0.15) is 4.98 Å². The highest BCUT2D eigenvalue weighted by Gasteiger charge is 2.08. The molecule has 1 heterocycles. The van der Waals surface area contributed by atoms with Crippen LogP contribution in [-0.2, 0) is 0 Å². The molecule has 0 aliphatic rings. The molecule has 0 saturated heterocycles. The van der Waals surface area contributed by atoms with Gasteiger partial charge in [0.1, 0.15) is 5.82 Å². The molecule has 0 aliphatic heterocycles. The molecule has 0 saturated carbocycles. The van der Waals surface area contributed by atoms with Crippen molar-refractivity contribution in [1.82, 2.24) is 14.9 Å². The number of amides is 2. The lowest BCUT2D eigenvalue weighted by Gasteiger charge is -2.12. The Morgan fingerprint density at radius 1 is 1.20 bits per heavy atom. The van der Waals surface area contributed by atoms with Gasteiger partial charge in [0, 0.05) is 36.1 Å². The molecule has 0 spiro atoms. The quantitative estimate of drug-likeness (QED) is 0.658. The topological polar surface area (TPSA) is 82.2 Å². The molecule has 8 heteroatoms. The van der Waals surface area contributed by atoms with Gasteiger partial charge >= 0.3 is 6.03 Å². The molecule has 0 fully saturated rings. The van der Waals surface area contributed by atoms with Gasteiger partial charge in [0.25, 0.3) is 0 Å². The van der Waals surface area contributed by atoms with Gasteiger partial charge < -0.3 is 15.5 Å². The summed E-state index contributed by atoms with van der Waals surface area (Å²) in [5.74, 6) is 0.941. The van der Waals surface area contributed by atoms with E-state index >= 15 is 0 Å². The summed E-state index contributed by atoms with van der Waals surface area (Å²) in [5.41, 5.74) is 1.40. The Morgan fingerprint density at radius 3 is 2.72 bits per heavy atom. The number of hydrogen-bond donors (Lipinski definition) is 3. The molecule has 3 N–H and O–H groups in total. The van der Waals surface area contributed by atoms with Crippen LogP contribution in [0.5, 0.6) is 0 Å². The van der Waals surface area contributed by atoms with Crippen molar-refractivity contribution in [2.45, 2.75) is 13.3 Å². The Hall–Kier alpha value is -2.38. The zero-order valence-electron chi connectivity index (χ0n) is 14.7. The molecule has 1 aromatic heterocycles. The number of carbonyl (C=O) groups excluding carboxylic acids is 1. The van der Waals surface area contributed by atoms with Crippen LogP contribution in [-0.4, -0.2) is 48.1 Å². The monoisotopic (exact) mass is 363 g/mol. The van der Waals surface area contributed by atoms with E-state index in [1.807, 2.05) is 27.1 Å². The molecule has 0 radical (unpaired) electrons. The molecule has 7 nitrogen and oxygen atoms in total. The standard InChI is InChI=1S/C17H23ClN6O/c1-12-10-15(19-8-5-9-24(2)3)22-16(20-12)23-17(25)21-14-7-4-6-13(18)11-14/h4,6-7,10-11,18H,5,8-9H2,1-3H3,(H2-,19,20,21,22,23,25)/p+1. The average molecular weight is 364 g/mol. The molecular formula is C17H24ClN6O+. The minimum absolute atomic E-state index is 0.252. The highest BCUT2D eigenvalue weighted by molar-refractivity contribution is 5.98. The first-order valence-corrected chi connectivity index (χ1v) is 8.42. The lowest BCUT2D eigenvalue weighted by Crippen LogP contribution is -2.21. The zero-order chi connectivity index (χ0) is 18.2. The molecule has 0 atom stereocenters. The smallest absolute Gasteiger partial charge is 0.326 e. The number of aromatic nitrogens is 2. The number of urea groups is 1. The lowest BCUT2D eigenvalue weighted by atomic mass is 10.3. The normalized spacial score (nSPS) is 10.6. The van der Waals surface area contributed by atoms with Crippen LogP contribution in [0.15, 0.2) is 30.3 Å². The Balaban J connectivity index is 1.93. The van der Waals surface area contributed by atoms with Gasteiger partial charge in [0.2, 0.25) is 11.0 Å². The second-order valence-corrected chi connectivity index (χ2v) is 6.38. The second kappa shape index (κ2) is 9.19. The van der Waals surface area contributed by atoms with E-state index in [1.165, 1.54) is 0 Å². The van der Waals surface area contributed by atoms with Crippen molar-refractivity contribution in [3.63, 3.8) is 0 Å². The van der Waals surface area contributed by atoms with Gasteiger partial charge in [-0.25, -0.2) is 9.78 Å². The van der Waals surface area contributed by atoms with Crippen molar-refractivity contribution in [1.29, 1.82) is 0 Å². The SMILES string of the molecule is Cc1cc(NCCCN(C)C)nc(NC(=O)Nc2cccc([ClH+])c2)n1. The van der Waals surface area contributed by atoms with Crippen LogP contribution in [0.4, 0.5) is 22.2 Å². The highest BCUT2D eigenvalue weighted by Crippen LogP contribution is 2.13. The second-order valence-electron chi connectivity index (χ2n) is 5.91. The number of halogens is 1. The van der Waals surface area contributed by atoms with E-state index in [0.29, 0.717) is 16.5 Å². The number of benzene rings is 1. The number of anilines is 3. The first-order chi connectivity index (χ1) is 11.9. The zero-order valence-corrected chi connectivity index (χ0v) is 15.5. The third-order valence-electron chi connectivity index (χ3n) is 3.26. The van der Waals surface area contributed by atoms with E-state index in [-0.39, 0.29) is 5.95 Å². The molecule has 2 rings (SSSR count). The van der Waals surface area contributed by atoms with E-state index in [0.717, 1.165) is 25.2 Å². The van der Waals surface area contributed by atoms with Gasteiger partial charge in [0.05, 0.1) is 0 Å². The van der Waals surface area contributed by atoms with Crippen LogP contribution in [0, 0.1) is 18.5 Å². The van der Waals surface area contributed by atoms with E-state index in [9.17, 15) is 4.79 Å². The van der Waals surface area contributed by atoms with Crippen molar-refractivity contribution >= 4 is 23.5 Å². The van der Waals surface area contributed by atoms with Crippen LogP contribution in [0.1, 0.15) is 12.1 Å². The summed E-state index contributed by atoms with van der Waals surface area (Å²) in [6.45, 7) is 3.65. The van der Waals surface area contributed by atoms with Crippen molar-refractivity contribution in [2.24, 2.45) is 0 Å². The number of aryl methyl sites for hydroxylation is 1. The fraction of sp³-hybridized carbons (Fsp3) is 0.353. The lowest BCUT2D eigenvalue weighted by molar-refractivity contribution is -0.288. The summed E-state index contributed by atoms with van der Waals surface area (Å²) in [7, 11) is 4.08. The van der Waals surface area contributed by atoms with Crippen LogP contribution < -0.4 is 16.0 Å². The Bertz CT molecular complexity index is 722. The third-order valence-corrected chi connectivity index (χ3v) is 3.51. The Labute approximate surface area is 152 Å². The van der Waals surface area contributed by atoms with Crippen LogP contribution in [0.3, 0.4) is 0 Å². The average Bonchev–Trinajstić information content (AvgIpc) is 2.50. The Kier molecular flexibility index (Phi) is 6.97. The molecule has 2 aromatic rings. The van der Waals surface area contributed by atoms with Crippen LogP contribution >= 0.6 is 0 Å². The van der Waals surface area contributed by atoms with E-state index in [1.54, 1.807) is 24.3 Å². The van der Waals surface area contributed by atoms with Crippen molar-refractivity contribution < 1.29 is 16.4 Å². The third kappa shape index (κ3) is 6.94. The predicted octanol–water partition coefficient (Wildman–Crippen LogP) is 2.49. The predicted molar refractivity (Wildman–Crippen MR) is 98.1 cm³/mol. The molecule has 0 unspecified atom stereocenters. The maximum Gasteiger partial charge on any atom is 0.326 e. The molecule has 134 valence electrons. The number of rotatable bonds is 7. The summed E-state index contributed by atoms with van der Waals surface area (Å²) in [6.07, 6.45) is 0.997. The van der Waals surface area contributed by atoms with Gasteiger partial charge in [-0.1, -0.05) is 6.07 Å². The number of carbonyl (C=O) groups is 1. The molecule has 25 heavy (non-hydrogen) atoms. The maximum absolute atomic E-state index is 12.1. The number of hydrogen-bond acceptors (Lipinski definition) is 5. The van der Waals surface area contributed by atoms with Crippen molar-refractivity contribution in [3.8, 4) is 0 Å². The summed E-state index contributed by atoms with van der Waals surface area (Å²) < 4.78 is 0. The van der Waals surface area contributed by atoms with Crippen LogP contribution in [0.25, 0.3) is 0 Å². The van der Waals surface area contributed by atoms with Gasteiger partial charge in [-0.3, -0.25) is 5.32 Å². The minimum Gasteiger partial charge on any atom is -0.370 e. The molecule has 2 amide bonds. The van der Waals surface area contributed by atoms with Crippen molar-refractivity contribution in [3.05, 3.63) is 41.0 Å². The summed E-state index contributed by atoms with van der Waals surface area (Å²) in [5, 5.41) is 9.27. The molecule has 0 bridgehead atoms. The molecule has 0 aliphatic carbocycles. The summed E-state index contributed by atoms with van der Waals surface area (Å²) in [4.78, 5) is 22.8. The summed E-state index contributed by atoms with van der Waals surface area (Å²) in [6, 6.07) is 8.49. The minimum atomic E-state index is -0.412. The molecule has 1 aromatic carbocycles. The van der Waals surface area contributed by atoms with Crippen molar-refractivity contribution in [2.75, 3.05) is 43.1 Å². The Morgan fingerprint density at radius 2 is 2.00 bits per heavy atom. The fourth-order valence-corrected chi connectivity index (χ4v) is 2.37. The fourth-order valence-electron chi connectivity index (χ4n) is 2.16. The van der Waals surface area contributed by atoms with Crippen LogP contribution in [0.2, 0.25) is 5.02 Å². The van der Waals surface area contributed by atoms with Gasteiger partial charge in [-0.05, 0) is 40.1 Å². The van der Waals surface area contributed by atoms with E-state index in [2.05, 4.69) is 30.8 Å². The highest BCUT2D eigenvalue weighted by atomic mass is 35.5. The molecular weight excluding hydrogens is 340 g/mol. The first-order valence-electron chi connectivity index (χ1n) is 8.02. The maximum atomic E-state index is 12.1. The van der Waals surface area contributed by atoms with Gasteiger partial charge in [-0.15, -0.1) is 0 Å². The number of nitrogens with one attached hydrogen (secondary N) is 3.